The molecule has 1 rings (SSSR count). The van der Waals surface area contributed by atoms with Crippen LogP contribution in [0.2, 0.25) is 5.02 Å². The lowest BCUT2D eigenvalue weighted by atomic mass is 10.2. The Morgan fingerprint density at radius 1 is 1.35 bits per heavy atom. The van der Waals surface area contributed by atoms with E-state index in [1.807, 2.05) is 18.2 Å². The summed E-state index contributed by atoms with van der Waals surface area (Å²) in [4.78, 5) is 2.20. The van der Waals surface area contributed by atoms with Crippen LogP contribution < -0.4 is 4.74 Å². The molecule has 0 bridgehead atoms. The summed E-state index contributed by atoms with van der Waals surface area (Å²) in [6.45, 7) is 2.01. The lowest BCUT2D eigenvalue weighted by Gasteiger charge is -2.18. The second-order valence-electron chi connectivity index (χ2n) is 4.12. The summed E-state index contributed by atoms with van der Waals surface area (Å²) in [6, 6.07) is 5.65. The van der Waals surface area contributed by atoms with Crippen LogP contribution in [-0.4, -0.2) is 37.3 Å². The Morgan fingerprint density at radius 3 is 2.76 bits per heavy atom. The van der Waals surface area contributed by atoms with E-state index >= 15 is 0 Å². The van der Waals surface area contributed by atoms with Crippen LogP contribution in [0.4, 0.5) is 0 Å². The lowest BCUT2D eigenvalue weighted by Crippen LogP contribution is -2.19. The SMILES string of the molecule is COc1ccc(Cl)cc1CN(C)CCCCO. The van der Waals surface area contributed by atoms with Crippen molar-refractivity contribution in [2.45, 2.75) is 19.4 Å². The predicted molar refractivity (Wildman–Crippen MR) is 70.7 cm³/mol. The zero-order chi connectivity index (χ0) is 12.7. The molecule has 96 valence electrons. The zero-order valence-corrected chi connectivity index (χ0v) is 11.2. The van der Waals surface area contributed by atoms with Gasteiger partial charge in [0.2, 0.25) is 0 Å². The molecule has 0 radical (unpaired) electrons. The van der Waals surface area contributed by atoms with Gasteiger partial charge in [-0.15, -0.1) is 0 Å². The summed E-state index contributed by atoms with van der Waals surface area (Å²) in [6.07, 6.45) is 1.84. The Balaban J connectivity index is 2.57. The first-order valence-corrected chi connectivity index (χ1v) is 6.17. The van der Waals surface area contributed by atoms with E-state index in [1.54, 1.807) is 7.11 Å². The summed E-state index contributed by atoms with van der Waals surface area (Å²) in [7, 11) is 3.72. The molecule has 0 aromatic heterocycles. The maximum absolute atomic E-state index is 8.73. The molecule has 0 saturated carbocycles. The first-order valence-electron chi connectivity index (χ1n) is 5.79. The van der Waals surface area contributed by atoms with Gasteiger partial charge in [-0.1, -0.05) is 11.6 Å². The Hall–Kier alpha value is -0.770. The number of methoxy groups -OCH3 is 1. The van der Waals surface area contributed by atoms with Crippen molar-refractivity contribution < 1.29 is 9.84 Å². The quantitative estimate of drug-likeness (QED) is 0.762. The molecule has 1 N–H and O–H groups in total. The number of rotatable bonds is 7. The molecule has 0 unspecified atom stereocenters. The number of unbranched alkanes of at least 4 members (excludes halogenated alkanes) is 1. The Labute approximate surface area is 108 Å². The number of hydrogen-bond acceptors (Lipinski definition) is 3. The van der Waals surface area contributed by atoms with Gasteiger partial charge in [0.15, 0.2) is 0 Å². The number of benzene rings is 1. The van der Waals surface area contributed by atoms with Gasteiger partial charge in [0.05, 0.1) is 7.11 Å². The van der Waals surface area contributed by atoms with Crippen molar-refractivity contribution in [1.29, 1.82) is 0 Å². The fourth-order valence-corrected chi connectivity index (χ4v) is 1.93. The van der Waals surface area contributed by atoms with Crippen molar-refractivity contribution in [3.05, 3.63) is 28.8 Å². The van der Waals surface area contributed by atoms with E-state index in [9.17, 15) is 0 Å². The predicted octanol–water partition coefficient (Wildman–Crippen LogP) is 2.55. The number of aliphatic hydroxyl groups is 1. The van der Waals surface area contributed by atoms with E-state index in [0.717, 1.165) is 42.3 Å². The Kier molecular flexibility index (Phi) is 6.34. The highest BCUT2D eigenvalue weighted by Crippen LogP contribution is 2.23. The first-order chi connectivity index (χ1) is 8.17. The number of ether oxygens (including phenoxy) is 1. The van der Waals surface area contributed by atoms with Gasteiger partial charge in [-0.25, -0.2) is 0 Å². The number of nitrogens with zero attached hydrogens (tertiary/aromatic N) is 1. The highest BCUT2D eigenvalue weighted by atomic mass is 35.5. The van der Waals surface area contributed by atoms with Gasteiger partial charge < -0.3 is 14.7 Å². The molecule has 0 heterocycles. The number of halogens is 1. The third-order valence-electron chi connectivity index (χ3n) is 2.63. The maximum Gasteiger partial charge on any atom is 0.123 e. The van der Waals surface area contributed by atoms with Crippen LogP contribution in [0, 0.1) is 0 Å². The van der Waals surface area contributed by atoms with Crippen LogP contribution in [0.5, 0.6) is 5.75 Å². The molecule has 3 nitrogen and oxygen atoms in total. The van der Waals surface area contributed by atoms with Crippen LogP contribution in [0.25, 0.3) is 0 Å². The minimum absolute atomic E-state index is 0.258. The summed E-state index contributed by atoms with van der Waals surface area (Å²) >= 11 is 5.98. The van der Waals surface area contributed by atoms with E-state index in [2.05, 4.69) is 11.9 Å². The standard InChI is InChI=1S/C13H20ClNO2/c1-15(7-3-4-8-16)10-11-9-12(14)5-6-13(11)17-2/h5-6,9,16H,3-4,7-8,10H2,1-2H3. The van der Waals surface area contributed by atoms with E-state index in [-0.39, 0.29) is 6.61 Å². The molecule has 0 spiro atoms. The molecule has 0 atom stereocenters. The molecule has 0 fully saturated rings. The van der Waals surface area contributed by atoms with E-state index < -0.39 is 0 Å². The van der Waals surface area contributed by atoms with Crippen LogP contribution in [-0.2, 0) is 6.54 Å². The van der Waals surface area contributed by atoms with Crippen molar-refractivity contribution in [3.63, 3.8) is 0 Å². The maximum atomic E-state index is 8.73. The summed E-state index contributed by atoms with van der Waals surface area (Å²) in [5.41, 5.74) is 1.09. The van der Waals surface area contributed by atoms with Crippen molar-refractivity contribution in [1.82, 2.24) is 4.90 Å². The van der Waals surface area contributed by atoms with Gasteiger partial charge in [0.1, 0.15) is 5.75 Å². The largest absolute Gasteiger partial charge is 0.496 e. The van der Waals surface area contributed by atoms with Gasteiger partial charge in [0.25, 0.3) is 0 Å². The molecule has 0 aliphatic heterocycles. The zero-order valence-electron chi connectivity index (χ0n) is 10.4. The number of aliphatic hydroxyl groups excluding tert-OH is 1. The fraction of sp³-hybridized carbons (Fsp3) is 0.538. The van der Waals surface area contributed by atoms with E-state index in [0.29, 0.717) is 0 Å². The van der Waals surface area contributed by atoms with Crippen molar-refractivity contribution in [2.75, 3.05) is 27.3 Å². The van der Waals surface area contributed by atoms with Crippen molar-refractivity contribution in [2.24, 2.45) is 0 Å². The molecular weight excluding hydrogens is 238 g/mol. The van der Waals surface area contributed by atoms with E-state index in [1.165, 1.54) is 0 Å². The molecule has 0 aliphatic rings. The second-order valence-corrected chi connectivity index (χ2v) is 4.56. The molecular formula is C13H20ClNO2. The molecule has 17 heavy (non-hydrogen) atoms. The van der Waals surface area contributed by atoms with Gasteiger partial charge >= 0.3 is 0 Å². The average Bonchev–Trinajstić information content (AvgIpc) is 2.29. The highest BCUT2D eigenvalue weighted by molar-refractivity contribution is 6.30. The van der Waals surface area contributed by atoms with Crippen LogP contribution in [0.15, 0.2) is 18.2 Å². The minimum Gasteiger partial charge on any atom is -0.496 e. The molecule has 1 aromatic rings. The summed E-state index contributed by atoms with van der Waals surface area (Å²) in [5, 5.41) is 9.46. The normalized spacial score (nSPS) is 10.9. The van der Waals surface area contributed by atoms with Gasteiger partial charge in [-0.2, -0.15) is 0 Å². The second kappa shape index (κ2) is 7.54. The van der Waals surface area contributed by atoms with Crippen LogP contribution in [0.1, 0.15) is 18.4 Å². The monoisotopic (exact) mass is 257 g/mol. The van der Waals surface area contributed by atoms with Crippen molar-refractivity contribution >= 4 is 11.6 Å². The van der Waals surface area contributed by atoms with Gasteiger partial charge in [0, 0.05) is 23.7 Å². The average molecular weight is 258 g/mol. The number of hydrogen-bond donors (Lipinski definition) is 1. The van der Waals surface area contributed by atoms with Crippen LogP contribution >= 0.6 is 11.6 Å². The fourth-order valence-electron chi connectivity index (χ4n) is 1.73. The summed E-state index contributed by atoms with van der Waals surface area (Å²) < 4.78 is 5.30. The van der Waals surface area contributed by atoms with Crippen molar-refractivity contribution in [3.8, 4) is 5.75 Å². The minimum atomic E-state index is 0.258. The highest BCUT2D eigenvalue weighted by Gasteiger charge is 2.07. The van der Waals surface area contributed by atoms with Gasteiger partial charge in [-0.05, 0) is 44.6 Å². The summed E-state index contributed by atoms with van der Waals surface area (Å²) in [5.74, 6) is 0.864. The lowest BCUT2D eigenvalue weighted by molar-refractivity contribution is 0.259. The topological polar surface area (TPSA) is 32.7 Å². The molecule has 0 amide bonds. The smallest absolute Gasteiger partial charge is 0.123 e. The van der Waals surface area contributed by atoms with Gasteiger partial charge in [-0.3, -0.25) is 0 Å². The Bertz CT molecular complexity index is 344. The third kappa shape index (κ3) is 4.94. The molecule has 0 aliphatic carbocycles. The third-order valence-corrected chi connectivity index (χ3v) is 2.87. The molecule has 0 saturated heterocycles. The van der Waals surface area contributed by atoms with E-state index in [4.69, 9.17) is 21.4 Å². The Morgan fingerprint density at radius 2 is 2.12 bits per heavy atom. The molecule has 4 heteroatoms. The first kappa shape index (κ1) is 14.3. The molecule has 1 aromatic carbocycles. The van der Waals surface area contributed by atoms with Crippen LogP contribution in [0.3, 0.4) is 0 Å².